The molecule has 0 atom stereocenters. The van der Waals surface area contributed by atoms with Gasteiger partial charge in [0.15, 0.2) is 0 Å². The molecule has 0 bridgehead atoms. The van der Waals surface area contributed by atoms with Crippen molar-refractivity contribution in [2.45, 2.75) is 110 Å². The number of allylic oxidation sites excluding steroid dienone is 1. The quantitative estimate of drug-likeness (QED) is 0.234. The molecule has 0 amide bonds. The van der Waals surface area contributed by atoms with E-state index in [1.807, 2.05) is 6.08 Å². The molecule has 2 nitrogen and oxygen atoms in total. The summed E-state index contributed by atoms with van der Waals surface area (Å²) in [4.78, 5) is 10.3. The number of hydrogen-bond acceptors (Lipinski definition) is 1. The molecule has 0 aliphatic rings. The lowest BCUT2D eigenvalue weighted by molar-refractivity contribution is -0.136. The molecule has 0 spiro atoms. The van der Waals surface area contributed by atoms with E-state index in [-0.39, 0.29) is 6.42 Å². The van der Waals surface area contributed by atoms with Gasteiger partial charge < -0.3 is 5.11 Å². The minimum Gasteiger partial charge on any atom is -0.481 e. The van der Waals surface area contributed by atoms with E-state index in [2.05, 4.69) is 6.92 Å². The van der Waals surface area contributed by atoms with E-state index in [1.54, 1.807) is 6.08 Å². The Morgan fingerprint density at radius 3 is 1.50 bits per heavy atom. The summed E-state index contributed by atoms with van der Waals surface area (Å²) in [5.41, 5.74) is 0. The first-order chi connectivity index (χ1) is 10.8. The minimum absolute atomic E-state index is 0.165. The van der Waals surface area contributed by atoms with E-state index in [0.29, 0.717) is 0 Å². The highest BCUT2D eigenvalue weighted by Crippen LogP contribution is 2.13. The van der Waals surface area contributed by atoms with Crippen LogP contribution >= 0.6 is 0 Å². The Hall–Kier alpha value is -0.790. The van der Waals surface area contributed by atoms with E-state index < -0.39 is 5.97 Å². The van der Waals surface area contributed by atoms with E-state index in [9.17, 15) is 4.79 Å². The molecule has 2 heteroatoms. The first-order valence-corrected chi connectivity index (χ1v) is 9.64. The zero-order chi connectivity index (χ0) is 16.3. The molecule has 0 aromatic rings. The maximum absolute atomic E-state index is 10.3. The van der Waals surface area contributed by atoms with Crippen molar-refractivity contribution >= 4 is 5.97 Å². The molecule has 0 rings (SSSR count). The second-order valence-electron chi connectivity index (χ2n) is 6.45. The fourth-order valence-electron chi connectivity index (χ4n) is 2.76. The van der Waals surface area contributed by atoms with Gasteiger partial charge in [-0.25, -0.2) is 0 Å². The molecule has 130 valence electrons. The van der Waals surface area contributed by atoms with Crippen LogP contribution < -0.4 is 0 Å². The summed E-state index contributed by atoms with van der Waals surface area (Å²) in [6.07, 6.45) is 24.3. The fraction of sp³-hybridized carbons (Fsp3) is 0.850. The van der Waals surface area contributed by atoms with Gasteiger partial charge in [-0.05, 0) is 12.8 Å². The minimum atomic E-state index is -0.739. The zero-order valence-corrected chi connectivity index (χ0v) is 14.8. The summed E-state index contributed by atoms with van der Waals surface area (Å²) in [7, 11) is 0. The number of hydrogen-bond donors (Lipinski definition) is 1. The van der Waals surface area contributed by atoms with Crippen molar-refractivity contribution in [3.05, 3.63) is 12.2 Å². The second kappa shape index (κ2) is 18.3. The largest absolute Gasteiger partial charge is 0.481 e. The molecule has 0 heterocycles. The Kier molecular flexibility index (Phi) is 17.6. The molecule has 0 aromatic carbocycles. The highest BCUT2D eigenvalue weighted by atomic mass is 16.4. The van der Waals surface area contributed by atoms with Gasteiger partial charge in [-0.2, -0.15) is 0 Å². The molecular weight excluding hydrogens is 272 g/mol. The van der Waals surface area contributed by atoms with E-state index in [1.165, 1.54) is 89.9 Å². The van der Waals surface area contributed by atoms with Crippen molar-refractivity contribution in [3.8, 4) is 0 Å². The summed E-state index contributed by atoms with van der Waals surface area (Å²) in [6.45, 7) is 2.27. The highest BCUT2D eigenvalue weighted by molar-refractivity contribution is 5.68. The third-order valence-corrected chi connectivity index (χ3v) is 4.18. The van der Waals surface area contributed by atoms with Gasteiger partial charge >= 0.3 is 5.97 Å². The van der Waals surface area contributed by atoms with Crippen LogP contribution in [-0.2, 0) is 4.79 Å². The lowest BCUT2D eigenvalue weighted by Crippen LogP contribution is -1.89. The van der Waals surface area contributed by atoms with Gasteiger partial charge in [0.1, 0.15) is 0 Å². The Bertz CT molecular complexity index is 258. The van der Waals surface area contributed by atoms with Crippen molar-refractivity contribution in [3.63, 3.8) is 0 Å². The molecule has 0 fully saturated rings. The van der Waals surface area contributed by atoms with Crippen LogP contribution in [0.15, 0.2) is 12.2 Å². The number of aliphatic carboxylic acids is 1. The van der Waals surface area contributed by atoms with Crippen LogP contribution in [0.3, 0.4) is 0 Å². The average molecular weight is 311 g/mol. The Morgan fingerprint density at radius 2 is 1.09 bits per heavy atom. The van der Waals surface area contributed by atoms with Crippen molar-refractivity contribution in [1.82, 2.24) is 0 Å². The normalized spacial score (nSPS) is 11.3. The third-order valence-electron chi connectivity index (χ3n) is 4.18. The molecule has 0 radical (unpaired) electrons. The standard InChI is InChI=1S/C20H38O2/c1-2-3-4-5-6-7-8-9-10-11-12-13-14-15-16-17-18-19-20(21)22/h17-18H,2-16,19H2,1H3,(H,21,22). The number of carboxylic acids is 1. The predicted molar refractivity (Wildman–Crippen MR) is 96.3 cm³/mol. The summed E-state index contributed by atoms with van der Waals surface area (Å²) < 4.78 is 0. The highest BCUT2D eigenvalue weighted by Gasteiger charge is 1.94. The second-order valence-corrected chi connectivity index (χ2v) is 6.45. The van der Waals surface area contributed by atoms with Gasteiger partial charge in [-0.3, -0.25) is 4.79 Å². The number of rotatable bonds is 17. The SMILES string of the molecule is CCCCCCCCCCCCCCCCC=CCC(=O)O. The lowest BCUT2D eigenvalue weighted by atomic mass is 10.0. The van der Waals surface area contributed by atoms with Crippen molar-refractivity contribution < 1.29 is 9.90 Å². The zero-order valence-electron chi connectivity index (χ0n) is 14.8. The van der Waals surface area contributed by atoms with Crippen molar-refractivity contribution in [1.29, 1.82) is 0 Å². The molecule has 0 aliphatic carbocycles. The fourth-order valence-corrected chi connectivity index (χ4v) is 2.76. The summed E-state index contributed by atoms with van der Waals surface area (Å²) >= 11 is 0. The van der Waals surface area contributed by atoms with Gasteiger partial charge in [-0.15, -0.1) is 0 Å². The maximum Gasteiger partial charge on any atom is 0.307 e. The summed E-state index contributed by atoms with van der Waals surface area (Å²) in [5.74, 6) is -0.739. The van der Waals surface area contributed by atoms with Gasteiger partial charge in [0.05, 0.1) is 6.42 Å². The molecule has 0 saturated carbocycles. The van der Waals surface area contributed by atoms with Crippen LogP contribution in [0.2, 0.25) is 0 Å². The summed E-state index contributed by atoms with van der Waals surface area (Å²) in [6, 6.07) is 0. The van der Waals surface area contributed by atoms with E-state index >= 15 is 0 Å². The predicted octanol–water partition coefficient (Wildman–Crippen LogP) is 6.89. The summed E-state index contributed by atoms with van der Waals surface area (Å²) in [5, 5.41) is 8.49. The van der Waals surface area contributed by atoms with Crippen LogP contribution in [0.25, 0.3) is 0 Å². The van der Waals surface area contributed by atoms with Crippen LogP contribution in [-0.4, -0.2) is 11.1 Å². The van der Waals surface area contributed by atoms with Crippen molar-refractivity contribution in [2.24, 2.45) is 0 Å². The molecule has 0 aromatic heterocycles. The first kappa shape index (κ1) is 21.2. The van der Waals surface area contributed by atoms with Crippen molar-refractivity contribution in [2.75, 3.05) is 0 Å². The van der Waals surface area contributed by atoms with Gasteiger partial charge in [0.25, 0.3) is 0 Å². The van der Waals surface area contributed by atoms with E-state index in [0.717, 1.165) is 6.42 Å². The van der Waals surface area contributed by atoms with Crippen LogP contribution in [0.1, 0.15) is 110 Å². The maximum atomic E-state index is 10.3. The van der Waals surface area contributed by atoms with Crippen LogP contribution in [0, 0.1) is 0 Å². The molecule has 22 heavy (non-hydrogen) atoms. The van der Waals surface area contributed by atoms with Gasteiger partial charge in [0, 0.05) is 0 Å². The number of carboxylic acid groups (broad SMARTS) is 1. The monoisotopic (exact) mass is 310 g/mol. The Labute approximate surface area is 138 Å². The average Bonchev–Trinajstić information content (AvgIpc) is 2.50. The third kappa shape index (κ3) is 19.2. The molecular formula is C20H38O2. The number of unbranched alkanes of at least 4 members (excludes halogenated alkanes) is 14. The van der Waals surface area contributed by atoms with Gasteiger partial charge in [0.2, 0.25) is 0 Å². The number of carbonyl (C=O) groups is 1. The molecule has 0 saturated heterocycles. The Balaban J connectivity index is 3.02. The van der Waals surface area contributed by atoms with Crippen LogP contribution in [0.5, 0.6) is 0 Å². The van der Waals surface area contributed by atoms with Gasteiger partial charge in [-0.1, -0.05) is 103 Å². The molecule has 1 N–H and O–H groups in total. The topological polar surface area (TPSA) is 37.3 Å². The first-order valence-electron chi connectivity index (χ1n) is 9.64. The lowest BCUT2D eigenvalue weighted by Gasteiger charge is -2.02. The van der Waals surface area contributed by atoms with Crippen LogP contribution in [0.4, 0.5) is 0 Å². The Morgan fingerprint density at radius 1 is 0.682 bits per heavy atom. The smallest absolute Gasteiger partial charge is 0.307 e. The molecule has 0 unspecified atom stereocenters. The van der Waals surface area contributed by atoms with E-state index in [4.69, 9.17) is 5.11 Å². The molecule has 0 aliphatic heterocycles.